The van der Waals surface area contributed by atoms with Crippen LogP contribution in [0.3, 0.4) is 0 Å². The van der Waals surface area contributed by atoms with Gasteiger partial charge in [-0.2, -0.15) is 23.4 Å². The van der Waals surface area contributed by atoms with Crippen molar-refractivity contribution in [3.05, 3.63) is 106 Å². The molecule has 0 unspecified atom stereocenters. The maximum atomic E-state index is 15.1. The number of hydrogen-bond acceptors (Lipinski definition) is 3. The molecule has 5 rings (SSSR count). The summed E-state index contributed by atoms with van der Waals surface area (Å²) in [5.74, 6) is -0.914. The average molecular weight is 533 g/mol. The second-order valence-electron chi connectivity index (χ2n) is 8.93. The molecule has 1 amide bonds. The third kappa shape index (κ3) is 4.84. The topological polar surface area (TPSA) is 80.0 Å². The lowest BCUT2D eigenvalue weighted by Gasteiger charge is -2.12. The van der Waals surface area contributed by atoms with Crippen LogP contribution in [0.15, 0.2) is 60.8 Å². The summed E-state index contributed by atoms with van der Waals surface area (Å²) in [7, 11) is 0. The predicted octanol–water partition coefficient (Wildman–Crippen LogP) is 6.67. The van der Waals surface area contributed by atoms with Crippen molar-refractivity contribution in [3.8, 4) is 16.8 Å². The van der Waals surface area contributed by atoms with Crippen LogP contribution in [0.4, 0.5) is 23.2 Å². The molecule has 39 heavy (non-hydrogen) atoms. The first-order chi connectivity index (χ1) is 18.6. The van der Waals surface area contributed by atoms with E-state index in [2.05, 4.69) is 25.5 Å². The van der Waals surface area contributed by atoms with Gasteiger partial charge in [0.15, 0.2) is 5.69 Å². The van der Waals surface area contributed by atoms with Gasteiger partial charge in [-0.3, -0.25) is 9.89 Å². The second kappa shape index (κ2) is 9.72. The maximum Gasteiger partial charge on any atom is 0.407 e. The van der Waals surface area contributed by atoms with Crippen LogP contribution in [-0.2, 0) is 12.7 Å². The van der Waals surface area contributed by atoms with E-state index < -0.39 is 23.2 Å². The lowest BCUT2D eigenvalue weighted by molar-refractivity contribution is -0.136. The number of carbonyl (C=O) groups excluding carboxylic acids is 1. The minimum absolute atomic E-state index is 0.0424. The number of halogens is 4. The molecular weight excluding hydrogens is 512 g/mol. The Labute approximate surface area is 219 Å². The Morgan fingerprint density at radius 2 is 1.90 bits per heavy atom. The first kappa shape index (κ1) is 25.7. The number of H-pyrrole nitrogens is 1. The van der Waals surface area contributed by atoms with Crippen LogP contribution in [0.25, 0.3) is 32.6 Å². The summed E-state index contributed by atoms with van der Waals surface area (Å²) in [5, 5.41) is 14.6. The van der Waals surface area contributed by atoms with Crippen molar-refractivity contribution >= 4 is 22.5 Å². The molecule has 0 saturated carbocycles. The molecule has 0 aliphatic carbocycles. The second-order valence-corrected chi connectivity index (χ2v) is 8.93. The van der Waals surface area contributed by atoms with Gasteiger partial charge < -0.3 is 5.32 Å². The fourth-order valence-corrected chi connectivity index (χ4v) is 4.50. The zero-order valence-corrected chi connectivity index (χ0v) is 20.7. The van der Waals surface area contributed by atoms with Crippen molar-refractivity contribution in [1.29, 1.82) is 0 Å². The van der Waals surface area contributed by atoms with E-state index in [0.717, 1.165) is 23.0 Å². The summed E-state index contributed by atoms with van der Waals surface area (Å²) in [6, 6.07) is 13.0. The van der Waals surface area contributed by atoms with Gasteiger partial charge in [0.25, 0.3) is 5.91 Å². The highest BCUT2D eigenvalue weighted by Gasteiger charge is 2.34. The van der Waals surface area contributed by atoms with E-state index in [4.69, 9.17) is 6.57 Å². The molecule has 2 aromatic heterocycles. The van der Waals surface area contributed by atoms with Crippen LogP contribution in [0.5, 0.6) is 0 Å². The molecule has 7 nitrogen and oxygen atoms in total. The van der Waals surface area contributed by atoms with Crippen molar-refractivity contribution in [2.45, 2.75) is 26.6 Å². The number of hydrogen-bond donors (Lipinski definition) is 2. The van der Waals surface area contributed by atoms with Crippen LogP contribution in [0.2, 0.25) is 0 Å². The van der Waals surface area contributed by atoms with Gasteiger partial charge in [-0.1, -0.05) is 18.2 Å². The number of aromatic nitrogens is 4. The number of carbonyl (C=O) groups is 1. The highest BCUT2D eigenvalue weighted by atomic mass is 19.4. The van der Waals surface area contributed by atoms with Crippen LogP contribution in [0, 0.1) is 26.2 Å². The molecule has 5 aromatic rings. The third-order valence-electron chi connectivity index (χ3n) is 6.43. The zero-order valence-electron chi connectivity index (χ0n) is 20.7. The van der Waals surface area contributed by atoms with E-state index in [0.29, 0.717) is 28.1 Å². The van der Waals surface area contributed by atoms with Crippen LogP contribution >= 0.6 is 0 Å². The van der Waals surface area contributed by atoms with E-state index in [-0.39, 0.29) is 23.7 Å². The highest BCUT2D eigenvalue weighted by molar-refractivity contribution is 5.97. The molecule has 0 atom stereocenters. The number of aromatic amines is 1. The number of nitrogens with zero attached hydrogens (tertiary/aromatic N) is 4. The van der Waals surface area contributed by atoms with Gasteiger partial charge in [0.05, 0.1) is 35.2 Å². The number of amides is 1. The molecular formula is C28H20F4N6O. The average Bonchev–Trinajstić information content (AvgIpc) is 3.49. The van der Waals surface area contributed by atoms with Gasteiger partial charge in [-0.15, -0.1) is 0 Å². The fourth-order valence-electron chi connectivity index (χ4n) is 4.50. The summed E-state index contributed by atoms with van der Waals surface area (Å²) < 4.78 is 56.8. The van der Waals surface area contributed by atoms with Crippen LogP contribution < -0.4 is 5.32 Å². The van der Waals surface area contributed by atoms with Gasteiger partial charge >= 0.3 is 6.18 Å². The van der Waals surface area contributed by atoms with Gasteiger partial charge in [-0.25, -0.2) is 13.9 Å². The molecule has 0 aliphatic heterocycles. The van der Waals surface area contributed by atoms with E-state index in [1.165, 1.54) is 16.8 Å². The first-order valence-electron chi connectivity index (χ1n) is 11.7. The van der Waals surface area contributed by atoms with Gasteiger partial charge in [0, 0.05) is 34.3 Å². The molecule has 0 aliphatic rings. The van der Waals surface area contributed by atoms with Crippen molar-refractivity contribution in [2.24, 2.45) is 0 Å². The summed E-state index contributed by atoms with van der Waals surface area (Å²) >= 11 is 0. The number of benzene rings is 3. The standard InChI is InChI=1S/C28H20F4N6O/c1-15-26(16(2)38(37-15)21-7-9-25(33-3)22(12-21)28(30,31)32)17-4-5-19(23(29)11-17)13-34-27(39)18-6-8-24-20(10-18)14-35-36-24/h4-12,14H,13H2,1-2H3,(H,34,39)(H,35,36). The smallest absolute Gasteiger partial charge is 0.348 e. The number of aryl methyl sites for hydroxylation is 1. The molecule has 11 heteroatoms. The molecule has 2 N–H and O–H groups in total. The van der Waals surface area contributed by atoms with Crippen molar-refractivity contribution in [1.82, 2.24) is 25.3 Å². The monoisotopic (exact) mass is 532 g/mol. The van der Waals surface area contributed by atoms with Crippen molar-refractivity contribution < 1.29 is 22.4 Å². The molecule has 0 saturated heterocycles. The normalized spacial score (nSPS) is 11.5. The quantitative estimate of drug-likeness (QED) is 0.196. The molecule has 3 aromatic carbocycles. The van der Waals surface area contributed by atoms with E-state index >= 15 is 4.39 Å². The number of nitrogens with one attached hydrogen (secondary N) is 2. The van der Waals surface area contributed by atoms with E-state index in [1.807, 2.05) is 0 Å². The molecule has 0 bridgehead atoms. The van der Waals surface area contributed by atoms with Crippen molar-refractivity contribution in [3.63, 3.8) is 0 Å². The van der Waals surface area contributed by atoms with E-state index in [9.17, 15) is 18.0 Å². The Hall–Kier alpha value is -4.98. The third-order valence-corrected chi connectivity index (χ3v) is 6.43. The summed E-state index contributed by atoms with van der Waals surface area (Å²) in [5.41, 5.74) is 2.12. The molecule has 0 radical (unpaired) electrons. The zero-order chi connectivity index (χ0) is 27.9. The minimum atomic E-state index is -4.70. The number of rotatable bonds is 5. The Balaban J connectivity index is 1.39. The van der Waals surface area contributed by atoms with Gasteiger partial charge in [-0.05, 0) is 55.8 Å². The molecule has 2 heterocycles. The Bertz CT molecular complexity index is 1780. The number of alkyl halides is 3. The highest BCUT2D eigenvalue weighted by Crippen LogP contribution is 2.38. The lowest BCUT2D eigenvalue weighted by atomic mass is 10.0. The first-order valence-corrected chi connectivity index (χ1v) is 11.7. The van der Waals surface area contributed by atoms with Gasteiger partial charge in [0.1, 0.15) is 5.82 Å². The lowest BCUT2D eigenvalue weighted by Crippen LogP contribution is -2.23. The van der Waals surface area contributed by atoms with Crippen LogP contribution in [-0.4, -0.2) is 25.9 Å². The summed E-state index contributed by atoms with van der Waals surface area (Å²) in [6.45, 7) is 10.3. The molecule has 0 fully saturated rings. The maximum absolute atomic E-state index is 15.1. The Kier molecular flexibility index (Phi) is 6.39. The minimum Gasteiger partial charge on any atom is -0.348 e. The van der Waals surface area contributed by atoms with Crippen molar-refractivity contribution in [2.75, 3.05) is 0 Å². The SMILES string of the molecule is [C-]#[N+]c1ccc(-n2nc(C)c(-c3ccc(CNC(=O)c4ccc5[nH]ncc5c4)c(F)c3)c2C)cc1C(F)(F)F. The van der Waals surface area contributed by atoms with Crippen LogP contribution in [0.1, 0.15) is 32.9 Å². The largest absolute Gasteiger partial charge is 0.407 e. The molecule has 0 spiro atoms. The molecule has 196 valence electrons. The Morgan fingerprint density at radius 1 is 1.10 bits per heavy atom. The summed E-state index contributed by atoms with van der Waals surface area (Å²) in [4.78, 5) is 15.5. The number of fused-ring (bicyclic) bond motifs is 1. The van der Waals surface area contributed by atoms with Gasteiger partial charge in [0.2, 0.25) is 0 Å². The predicted molar refractivity (Wildman–Crippen MR) is 137 cm³/mol. The fraction of sp³-hybridized carbons (Fsp3) is 0.143. The Morgan fingerprint density at radius 3 is 2.62 bits per heavy atom. The summed E-state index contributed by atoms with van der Waals surface area (Å²) in [6.07, 6.45) is -3.09. The van der Waals surface area contributed by atoms with E-state index in [1.54, 1.807) is 50.4 Å².